The van der Waals surface area contributed by atoms with Crippen molar-refractivity contribution in [2.75, 3.05) is 13.5 Å². The van der Waals surface area contributed by atoms with E-state index in [-0.39, 0.29) is 6.73 Å². The Bertz CT molecular complexity index is 73.9. The van der Waals surface area contributed by atoms with E-state index >= 15 is 0 Å². The molecule has 9 heavy (non-hydrogen) atoms. The molecule has 0 atom stereocenters. The second kappa shape index (κ2) is 3.65. The lowest BCUT2D eigenvalue weighted by atomic mass is 11.2. The molecule has 0 aliphatic rings. The summed E-state index contributed by atoms with van der Waals surface area (Å²) in [5, 5.41) is 0. The van der Waals surface area contributed by atoms with Crippen LogP contribution in [0, 0.1) is 0 Å². The Hall–Kier alpha value is -0.330. The molecular formula is C3H6F3NO2. The highest BCUT2D eigenvalue weighted by molar-refractivity contribution is 4.20. The van der Waals surface area contributed by atoms with Gasteiger partial charge in [0.1, 0.15) is 0 Å². The van der Waals surface area contributed by atoms with Crippen LogP contribution in [0.15, 0.2) is 0 Å². The summed E-state index contributed by atoms with van der Waals surface area (Å²) < 4.78 is 40.3. The summed E-state index contributed by atoms with van der Waals surface area (Å²) in [6.45, 7) is -1.13. The van der Waals surface area contributed by atoms with E-state index in [1.165, 1.54) is 0 Å². The van der Waals surface area contributed by atoms with Gasteiger partial charge in [0.25, 0.3) is 0 Å². The molecule has 0 spiro atoms. The zero-order valence-electron chi connectivity index (χ0n) is 4.44. The van der Waals surface area contributed by atoms with Gasteiger partial charge in [-0.25, -0.2) is 0 Å². The van der Waals surface area contributed by atoms with Gasteiger partial charge in [0.05, 0.1) is 6.73 Å². The Balaban J connectivity index is 3.07. The standard InChI is InChI=1S/C3H6F3NO2/c4-3(5,6)9-2-8-1-7/h1-2,7H2. The second-order valence-electron chi connectivity index (χ2n) is 1.08. The van der Waals surface area contributed by atoms with Crippen molar-refractivity contribution in [3.63, 3.8) is 0 Å². The highest BCUT2D eigenvalue weighted by Crippen LogP contribution is 2.15. The molecule has 0 aliphatic carbocycles. The van der Waals surface area contributed by atoms with Gasteiger partial charge in [-0.05, 0) is 0 Å². The van der Waals surface area contributed by atoms with Gasteiger partial charge in [0.15, 0.2) is 6.79 Å². The van der Waals surface area contributed by atoms with Gasteiger partial charge in [-0.2, -0.15) is 0 Å². The molecule has 0 rings (SSSR count). The lowest BCUT2D eigenvalue weighted by Crippen LogP contribution is -2.17. The Labute approximate surface area is 49.5 Å². The van der Waals surface area contributed by atoms with Crippen LogP contribution in [-0.2, 0) is 9.47 Å². The highest BCUT2D eigenvalue weighted by atomic mass is 19.4. The van der Waals surface area contributed by atoms with Crippen molar-refractivity contribution in [3.8, 4) is 0 Å². The molecule has 0 fully saturated rings. The van der Waals surface area contributed by atoms with E-state index in [4.69, 9.17) is 0 Å². The van der Waals surface area contributed by atoms with Crippen LogP contribution < -0.4 is 5.73 Å². The first kappa shape index (κ1) is 8.67. The molecule has 0 unspecified atom stereocenters. The minimum Gasteiger partial charge on any atom is -0.340 e. The molecule has 56 valence electrons. The zero-order chi connectivity index (χ0) is 7.33. The van der Waals surface area contributed by atoms with Crippen molar-refractivity contribution in [3.05, 3.63) is 0 Å². The maximum absolute atomic E-state index is 11.0. The largest absolute Gasteiger partial charge is 0.524 e. The highest BCUT2D eigenvalue weighted by Gasteiger charge is 2.28. The van der Waals surface area contributed by atoms with Crippen LogP contribution in [0.25, 0.3) is 0 Å². The van der Waals surface area contributed by atoms with Gasteiger partial charge in [0, 0.05) is 0 Å². The van der Waals surface area contributed by atoms with Crippen LogP contribution in [0.4, 0.5) is 13.2 Å². The minimum absolute atomic E-state index is 0.282. The SMILES string of the molecule is NCOCOC(F)(F)F. The fourth-order valence-electron chi connectivity index (χ4n) is 0.157. The predicted molar refractivity (Wildman–Crippen MR) is 22.1 cm³/mol. The topological polar surface area (TPSA) is 44.5 Å². The molecule has 0 aliphatic heterocycles. The van der Waals surface area contributed by atoms with E-state index in [0.29, 0.717) is 0 Å². The molecule has 0 saturated heterocycles. The lowest BCUT2D eigenvalue weighted by molar-refractivity contribution is -0.349. The first-order valence-electron chi connectivity index (χ1n) is 2.05. The molecule has 0 aromatic carbocycles. The maximum Gasteiger partial charge on any atom is 0.524 e. The molecule has 0 saturated carbocycles. The van der Waals surface area contributed by atoms with Gasteiger partial charge >= 0.3 is 6.36 Å². The summed E-state index contributed by atoms with van der Waals surface area (Å²) in [5.74, 6) is 0. The number of rotatable bonds is 3. The quantitative estimate of drug-likeness (QED) is 0.462. The van der Waals surface area contributed by atoms with Crippen molar-refractivity contribution in [1.29, 1.82) is 0 Å². The number of hydrogen-bond acceptors (Lipinski definition) is 3. The zero-order valence-corrected chi connectivity index (χ0v) is 4.44. The van der Waals surface area contributed by atoms with Crippen molar-refractivity contribution >= 4 is 0 Å². The van der Waals surface area contributed by atoms with Crippen LogP contribution in [0.3, 0.4) is 0 Å². The normalized spacial score (nSPS) is 12.0. The average molecular weight is 145 g/mol. The summed E-state index contributed by atoms with van der Waals surface area (Å²) in [6.07, 6.45) is -4.63. The summed E-state index contributed by atoms with van der Waals surface area (Å²) >= 11 is 0. The number of halogens is 3. The fraction of sp³-hybridized carbons (Fsp3) is 1.00. The Morgan fingerprint density at radius 1 is 1.33 bits per heavy atom. The first-order chi connectivity index (χ1) is 4.06. The number of nitrogens with two attached hydrogens (primary N) is 1. The van der Waals surface area contributed by atoms with Crippen molar-refractivity contribution < 1.29 is 22.6 Å². The maximum atomic E-state index is 11.0. The van der Waals surface area contributed by atoms with Crippen molar-refractivity contribution in [2.24, 2.45) is 5.73 Å². The third-order valence-corrected chi connectivity index (χ3v) is 0.424. The van der Waals surface area contributed by atoms with Crippen LogP contribution >= 0.6 is 0 Å². The number of hydrogen-bond donors (Lipinski definition) is 1. The molecule has 0 aromatic heterocycles. The van der Waals surface area contributed by atoms with E-state index in [9.17, 15) is 13.2 Å². The fourth-order valence-corrected chi connectivity index (χ4v) is 0.157. The van der Waals surface area contributed by atoms with E-state index in [1.807, 2.05) is 0 Å². The molecule has 0 heterocycles. The first-order valence-corrected chi connectivity index (χ1v) is 2.05. The monoisotopic (exact) mass is 145 g/mol. The van der Waals surface area contributed by atoms with Crippen LogP contribution in [0.2, 0.25) is 0 Å². The summed E-state index contributed by atoms with van der Waals surface area (Å²) in [5.41, 5.74) is 4.69. The Morgan fingerprint density at radius 3 is 2.22 bits per heavy atom. The molecule has 3 nitrogen and oxygen atoms in total. The summed E-state index contributed by atoms with van der Waals surface area (Å²) in [6, 6.07) is 0. The third kappa shape index (κ3) is 7.67. The van der Waals surface area contributed by atoms with E-state index in [2.05, 4.69) is 15.2 Å². The van der Waals surface area contributed by atoms with E-state index in [1.54, 1.807) is 0 Å². The molecule has 6 heteroatoms. The summed E-state index contributed by atoms with van der Waals surface area (Å²) in [7, 11) is 0. The Morgan fingerprint density at radius 2 is 1.89 bits per heavy atom. The Kier molecular flexibility index (Phi) is 3.52. The van der Waals surface area contributed by atoms with Crippen molar-refractivity contribution in [1.82, 2.24) is 0 Å². The molecule has 0 bridgehead atoms. The van der Waals surface area contributed by atoms with E-state index in [0.717, 1.165) is 0 Å². The lowest BCUT2D eigenvalue weighted by Gasteiger charge is -2.05. The molecule has 0 amide bonds. The van der Waals surface area contributed by atoms with Crippen LogP contribution in [0.1, 0.15) is 0 Å². The van der Waals surface area contributed by atoms with E-state index < -0.39 is 13.2 Å². The second-order valence-corrected chi connectivity index (χ2v) is 1.08. The van der Waals surface area contributed by atoms with Gasteiger partial charge < -0.3 is 10.5 Å². The molecule has 0 aromatic rings. The number of ether oxygens (including phenoxy) is 2. The summed E-state index contributed by atoms with van der Waals surface area (Å²) in [4.78, 5) is 0. The minimum atomic E-state index is -4.63. The smallest absolute Gasteiger partial charge is 0.340 e. The molecule has 0 radical (unpaired) electrons. The average Bonchev–Trinajstić information content (AvgIpc) is 1.63. The van der Waals surface area contributed by atoms with Gasteiger partial charge in [-0.15, -0.1) is 13.2 Å². The molecular weight excluding hydrogens is 139 g/mol. The van der Waals surface area contributed by atoms with Gasteiger partial charge in [-0.3, -0.25) is 4.74 Å². The predicted octanol–water partition coefficient (Wildman–Crippen LogP) is 0.413. The third-order valence-electron chi connectivity index (χ3n) is 0.424. The molecule has 2 N–H and O–H groups in total. The van der Waals surface area contributed by atoms with Crippen LogP contribution in [0.5, 0.6) is 0 Å². The van der Waals surface area contributed by atoms with Gasteiger partial charge in [-0.1, -0.05) is 0 Å². The van der Waals surface area contributed by atoms with Gasteiger partial charge in [0.2, 0.25) is 0 Å². The van der Waals surface area contributed by atoms with Crippen molar-refractivity contribution in [2.45, 2.75) is 6.36 Å². The van der Waals surface area contributed by atoms with Crippen LogP contribution in [-0.4, -0.2) is 19.9 Å². The number of alkyl halides is 3.